The fraction of sp³-hybridized carbons (Fsp3) is 0.167. The highest BCUT2D eigenvalue weighted by molar-refractivity contribution is 14.1. The molecule has 0 amide bonds. The summed E-state index contributed by atoms with van der Waals surface area (Å²) in [6.45, 7) is 5.30. The number of rotatable bonds is 2. The second-order valence-corrected chi connectivity index (χ2v) is 3.46. The summed E-state index contributed by atoms with van der Waals surface area (Å²) in [7, 11) is 0. The fourth-order valence-corrected chi connectivity index (χ4v) is 0.417. The molecule has 10 heavy (non-hydrogen) atoms. The zero-order valence-electron chi connectivity index (χ0n) is 5.56. The van der Waals surface area contributed by atoms with Crippen LogP contribution in [-0.4, -0.2) is 5.17 Å². The van der Waals surface area contributed by atoms with Crippen LogP contribution in [0, 0.1) is 0 Å². The van der Waals surface area contributed by atoms with E-state index >= 15 is 0 Å². The summed E-state index contributed by atoms with van der Waals surface area (Å²) in [4.78, 5) is 3.78. The Labute approximate surface area is 79.0 Å². The van der Waals surface area contributed by atoms with Crippen molar-refractivity contribution < 1.29 is 0 Å². The number of allylic oxidation sites excluding steroid dienone is 1. The van der Waals surface area contributed by atoms with E-state index in [1.165, 1.54) is 6.20 Å². The van der Waals surface area contributed by atoms with E-state index in [2.05, 4.69) is 11.6 Å². The van der Waals surface area contributed by atoms with Crippen molar-refractivity contribution in [2.24, 2.45) is 10.7 Å². The molecule has 0 bridgehead atoms. The number of aliphatic imine (C=N–C) groups is 1. The van der Waals surface area contributed by atoms with E-state index in [0.717, 1.165) is 3.58 Å². The lowest BCUT2D eigenvalue weighted by molar-refractivity contribution is 1.36. The van der Waals surface area contributed by atoms with Crippen LogP contribution in [0.25, 0.3) is 0 Å². The van der Waals surface area contributed by atoms with Gasteiger partial charge in [-0.15, -0.1) is 0 Å². The Kier molecular flexibility index (Phi) is 4.72. The zero-order chi connectivity index (χ0) is 8.15. The largest absolute Gasteiger partial charge is 0.397 e. The Morgan fingerprint density at radius 3 is 2.60 bits per heavy atom. The summed E-state index contributed by atoms with van der Waals surface area (Å²) in [6, 6.07) is 0. The van der Waals surface area contributed by atoms with Gasteiger partial charge in [0, 0.05) is 3.58 Å². The third-order valence-corrected chi connectivity index (χ3v) is 1.42. The average Bonchev–Trinajstić information content (AvgIpc) is 1.82. The molecule has 0 aromatic carbocycles. The minimum Gasteiger partial charge on any atom is -0.397 e. The van der Waals surface area contributed by atoms with Crippen LogP contribution in [-0.2, 0) is 0 Å². The van der Waals surface area contributed by atoms with Crippen molar-refractivity contribution in [3.05, 3.63) is 22.1 Å². The molecule has 0 saturated carbocycles. The maximum Gasteiger partial charge on any atom is 0.103 e. The van der Waals surface area contributed by atoms with Gasteiger partial charge in [-0.1, -0.05) is 18.2 Å². The monoisotopic (exact) mass is 270 g/mol. The van der Waals surface area contributed by atoms with Crippen LogP contribution in [0.15, 0.2) is 27.0 Å². The molecule has 0 unspecified atom stereocenters. The van der Waals surface area contributed by atoms with Crippen LogP contribution >= 0.6 is 34.2 Å². The highest BCUT2D eigenvalue weighted by atomic mass is 127. The topological polar surface area (TPSA) is 38.4 Å². The first-order valence-electron chi connectivity index (χ1n) is 2.54. The van der Waals surface area contributed by atoms with Crippen molar-refractivity contribution in [2.75, 3.05) is 0 Å². The van der Waals surface area contributed by atoms with Crippen LogP contribution in [0.2, 0.25) is 0 Å². The Balaban J connectivity index is 4.19. The second-order valence-electron chi connectivity index (χ2n) is 1.62. The van der Waals surface area contributed by atoms with E-state index in [1.54, 1.807) is 6.92 Å². The number of hydrogen-bond acceptors (Lipinski definition) is 2. The van der Waals surface area contributed by atoms with Gasteiger partial charge in [0.25, 0.3) is 0 Å². The Morgan fingerprint density at radius 1 is 1.80 bits per heavy atom. The third kappa shape index (κ3) is 4.81. The normalized spacial score (nSPS) is 13.5. The first kappa shape index (κ1) is 9.97. The van der Waals surface area contributed by atoms with Crippen molar-refractivity contribution in [2.45, 2.75) is 6.92 Å². The SMILES string of the molecule is C=C(I)/C(N)=C\N=C(/C)Cl. The van der Waals surface area contributed by atoms with Crippen molar-refractivity contribution in [1.82, 2.24) is 0 Å². The quantitative estimate of drug-likeness (QED) is 0.467. The molecule has 0 aromatic rings. The molecule has 0 heterocycles. The van der Waals surface area contributed by atoms with Crippen molar-refractivity contribution in [1.29, 1.82) is 0 Å². The molecule has 0 fully saturated rings. The van der Waals surface area contributed by atoms with Gasteiger partial charge in [-0.25, -0.2) is 4.99 Å². The lowest BCUT2D eigenvalue weighted by Gasteiger charge is -1.92. The zero-order valence-corrected chi connectivity index (χ0v) is 8.48. The van der Waals surface area contributed by atoms with Gasteiger partial charge >= 0.3 is 0 Å². The van der Waals surface area contributed by atoms with Gasteiger partial charge in [-0.05, 0) is 29.5 Å². The van der Waals surface area contributed by atoms with Gasteiger partial charge in [0.2, 0.25) is 0 Å². The molecule has 2 N–H and O–H groups in total. The first-order valence-corrected chi connectivity index (χ1v) is 4.00. The summed E-state index contributed by atoms with van der Waals surface area (Å²) in [5, 5.41) is 0.459. The molecule has 2 nitrogen and oxygen atoms in total. The molecule has 0 aromatic heterocycles. The van der Waals surface area contributed by atoms with E-state index in [-0.39, 0.29) is 0 Å². The van der Waals surface area contributed by atoms with Crippen LogP contribution in [0.1, 0.15) is 6.92 Å². The van der Waals surface area contributed by atoms with E-state index in [9.17, 15) is 0 Å². The molecule has 0 rings (SSSR count). The number of nitrogens with zero attached hydrogens (tertiary/aromatic N) is 1. The molecule has 0 saturated heterocycles. The van der Waals surface area contributed by atoms with E-state index in [4.69, 9.17) is 17.3 Å². The minimum absolute atomic E-state index is 0.459. The predicted octanol–water partition coefficient (Wildman–Crippen LogP) is 2.39. The molecule has 56 valence electrons. The first-order chi connectivity index (χ1) is 4.54. The molecule has 4 heteroatoms. The van der Waals surface area contributed by atoms with Gasteiger partial charge in [0.15, 0.2) is 0 Å². The summed E-state index contributed by atoms with van der Waals surface area (Å²) >= 11 is 7.46. The summed E-state index contributed by atoms with van der Waals surface area (Å²) in [5.74, 6) is 0. The Bertz CT molecular complexity index is 192. The standard InChI is InChI=1S/C6H8ClIN2/c1-4(8)6(9)3-10-5(2)7/h3H,1,9H2,2H3/b6-3+,10-5+. The van der Waals surface area contributed by atoms with E-state index < -0.39 is 0 Å². The van der Waals surface area contributed by atoms with Gasteiger partial charge in [0.05, 0.1) is 11.9 Å². The molecule has 0 spiro atoms. The van der Waals surface area contributed by atoms with Crippen molar-refractivity contribution in [3.8, 4) is 0 Å². The van der Waals surface area contributed by atoms with Gasteiger partial charge in [-0.2, -0.15) is 0 Å². The van der Waals surface area contributed by atoms with Crippen LogP contribution in [0.5, 0.6) is 0 Å². The summed E-state index contributed by atoms with van der Waals surface area (Å²) in [5.41, 5.74) is 6.00. The van der Waals surface area contributed by atoms with Crippen LogP contribution < -0.4 is 5.73 Å². The number of hydrogen-bond donors (Lipinski definition) is 1. The van der Waals surface area contributed by atoms with Crippen molar-refractivity contribution >= 4 is 39.4 Å². The average molecular weight is 271 g/mol. The van der Waals surface area contributed by atoms with Crippen LogP contribution in [0.4, 0.5) is 0 Å². The number of nitrogens with two attached hydrogens (primary N) is 1. The Morgan fingerprint density at radius 2 is 2.30 bits per heavy atom. The summed E-state index contributed by atoms with van der Waals surface area (Å²) < 4.78 is 0.763. The van der Waals surface area contributed by atoms with E-state index in [1.807, 2.05) is 22.6 Å². The second kappa shape index (κ2) is 4.73. The minimum atomic E-state index is 0.459. The molecular weight excluding hydrogens is 262 g/mol. The highest BCUT2D eigenvalue weighted by Crippen LogP contribution is 2.09. The lowest BCUT2D eigenvalue weighted by Crippen LogP contribution is -1.94. The van der Waals surface area contributed by atoms with Gasteiger partial charge in [0.1, 0.15) is 5.17 Å². The molecule has 0 aliphatic carbocycles. The third-order valence-electron chi connectivity index (χ3n) is 0.695. The van der Waals surface area contributed by atoms with Gasteiger partial charge < -0.3 is 5.73 Å². The smallest absolute Gasteiger partial charge is 0.103 e. The van der Waals surface area contributed by atoms with E-state index in [0.29, 0.717) is 10.9 Å². The lowest BCUT2D eigenvalue weighted by atomic mass is 10.5. The summed E-state index contributed by atoms with van der Waals surface area (Å²) in [6.07, 6.45) is 1.48. The Hall–Kier alpha value is -0.0300. The molecule has 0 aliphatic rings. The van der Waals surface area contributed by atoms with Gasteiger partial charge in [-0.3, -0.25) is 0 Å². The fourth-order valence-electron chi connectivity index (χ4n) is 0.229. The molecular formula is C6H8ClIN2. The maximum absolute atomic E-state index is 5.45. The predicted molar refractivity (Wildman–Crippen MR) is 54.4 cm³/mol. The maximum atomic E-state index is 5.45. The molecule has 0 atom stereocenters. The molecule has 0 radical (unpaired) electrons. The number of halogens is 2. The van der Waals surface area contributed by atoms with Crippen molar-refractivity contribution in [3.63, 3.8) is 0 Å². The van der Waals surface area contributed by atoms with Crippen LogP contribution in [0.3, 0.4) is 0 Å². The highest BCUT2D eigenvalue weighted by Gasteiger charge is 1.88. The molecule has 0 aliphatic heterocycles.